The van der Waals surface area contributed by atoms with Crippen molar-refractivity contribution >= 4 is 6.09 Å². The Labute approximate surface area is 109 Å². The fourth-order valence-electron chi connectivity index (χ4n) is 1.77. The summed E-state index contributed by atoms with van der Waals surface area (Å²) < 4.78 is 9.70. The van der Waals surface area contributed by atoms with Crippen LogP contribution in [-0.4, -0.2) is 64.7 Å². The molecule has 0 aromatic rings. The monoisotopic (exact) mass is 278 g/mol. The molecule has 0 aromatic heterocycles. The topological polar surface area (TPSA) is 138 Å². The molecule has 0 aliphatic carbocycles. The minimum Gasteiger partial charge on any atom is -0.447 e. The predicted molar refractivity (Wildman–Crippen MR) is 62.1 cm³/mol. The summed E-state index contributed by atoms with van der Waals surface area (Å²) in [6.45, 7) is 2.66. The average molecular weight is 278 g/mol. The highest BCUT2D eigenvalue weighted by atomic mass is 16.6. The number of nitroso groups, excluding NO2 is 1. The van der Waals surface area contributed by atoms with E-state index in [1.54, 1.807) is 13.8 Å². The van der Waals surface area contributed by atoms with Gasteiger partial charge in [-0.2, -0.15) is 4.91 Å². The number of carbonyl (C=O) groups is 1. The van der Waals surface area contributed by atoms with Gasteiger partial charge in [-0.05, 0) is 13.8 Å². The third kappa shape index (κ3) is 3.83. The summed E-state index contributed by atoms with van der Waals surface area (Å²) in [6.07, 6.45) is -5.44. The molecule has 110 valence electrons. The van der Waals surface area contributed by atoms with E-state index >= 15 is 0 Å². The molecule has 0 spiro atoms. The number of hydrogen-bond acceptors (Lipinski definition) is 8. The van der Waals surface area contributed by atoms with Crippen LogP contribution in [0.1, 0.15) is 13.8 Å². The van der Waals surface area contributed by atoms with E-state index in [1.807, 2.05) is 0 Å². The van der Waals surface area contributed by atoms with Gasteiger partial charge in [0.2, 0.25) is 0 Å². The SMILES string of the molecule is CC(C)OC(=O)NC1C(O)OC(CO)C(N=O)C1O. The highest BCUT2D eigenvalue weighted by Gasteiger charge is 2.46. The lowest BCUT2D eigenvalue weighted by molar-refractivity contribution is -0.220. The number of nitrogens with one attached hydrogen (secondary N) is 1. The van der Waals surface area contributed by atoms with Gasteiger partial charge < -0.3 is 30.1 Å². The Kier molecular flexibility index (Phi) is 5.60. The van der Waals surface area contributed by atoms with Gasteiger partial charge in [0, 0.05) is 0 Å². The van der Waals surface area contributed by atoms with E-state index in [-0.39, 0.29) is 6.10 Å². The number of hydrogen-bond donors (Lipinski definition) is 4. The Bertz CT molecular complexity index is 325. The van der Waals surface area contributed by atoms with Crippen molar-refractivity contribution in [3.8, 4) is 0 Å². The zero-order valence-electron chi connectivity index (χ0n) is 10.6. The fourth-order valence-corrected chi connectivity index (χ4v) is 1.77. The third-order valence-corrected chi connectivity index (χ3v) is 2.65. The number of rotatable bonds is 4. The molecule has 0 radical (unpaired) electrons. The van der Waals surface area contributed by atoms with Crippen LogP contribution in [0.5, 0.6) is 0 Å². The summed E-state index contributed by atoms with van der Waals surface area (Å²) >= 11 is 0. The maximum Gasteiger partial charge on any atom is 0.407 e. The van der Waals surface area contributed by atoms with Crippen molar-refractivity contribution in [2.24, 2.45) is 5.18 Å². The highest BCUT2D eigenvalue weighted by molar-refractivity contribution is 5.68. The van der Waals surface area contributed by atoms with Crippen molar-refractivity contribution in [2.45, 2.75) is 50.5 Å². The van der Waals surface area contributed by atoms with Gasteiger partial charge >= 0.3 is 6.09 Å². The number of aliphatic hydroxyl groups excluding tert-OH is 3. The second kappa shape index (κ2) is 6.75. The highest BCUT2D eigenvalue weighted by Crippen LogP contribution is 2.22. The molecule has 0 saturated carbocycles. The number of alkyl carbamates (subject to hydrolysis) is 1. The molecular formula is C10H18N2O7. The summed E-state index contributed by atoms with van der Waals surface area (Å²) in [5.41, 5.74) is 0. The van der Waals surface area contributed by atoms with Crippen LogP contribution in [-0.2, 0) is 9.47 Å². The van der Waals surface area contributed by atoms with E-state index in [9.17, 15) is 19.9 Å². The van der Waals surface area contributed by atoms with Crippen molar-refractivity contribution in [1.82, 2.24) is 5.32 Å². The summed E-state index contributed by atoms with van der Waals surface area (Å²) in [5.74, 6) is 0. The van der Waals surface area contributed by atoms with Gasteiger partial charge in [-0.3, -0.25) is 0 Å². The lowest BCUT2D eigenvalue weighted by Gasteiger charge is -2.39. The standard InChI is InChI=1S/C10H18N2O7/c1-4(2)18-10(16)11-7-8(14)6(12-17)5(3-13)19-9(7)15/h4-9,13-15H,3H2,1-2H3,(H,11,16). The molecule has 0 aromatic carbocycles. The van der Waals surface area contributed by atoms with Gasteiger partial charge in [0.25, 0.3) is 0 Å². The number of aliphatic hydroxyl groups is 3. The fraction of sp³-hybridized carbons (Fsp3) is 0.900. The van der Waals surface area contributed by atoms with Crippen LogP contribution in [0.25, 0.3) is 0 Å². The summed E-state index contributed by atoms with van der Waals surface area (Å²) in [6, 6.07) is -2.56. The number of amides is 1. The first-order valence-electron chi connectivity index (χ1n) is 5.82. The Morgan fingerprint density at radius 3 is 2.58 bits per heavy atom. The van der Waals surface area contributed by atoms with Crippen molar-refractivity contribution in [2.75, 3.05) is 6.61 Å². The van der Waals surface area contributed by atoms with Crippen LogP contribution in [0.15, 0.2) is 5.18 Å². The first-order valence-corrected chi connectivity index (χ1v) is 5.82. The smallest absolute Gasteiger partial charge is 0.407 e. The van der Waals surface area contributed by atoms with E-state index in [1.165, 1.54) is 0 Å². The van der Waals surface area contributed by atoms with E-state index in [2.05, 4.69) is 10.5 Å². The molecule has 1 heterocycles. The van der Waals surface area contributed by atoms with Gasteiger partial charge in [0.15, 0.2) is 6.29 Å². The quantitative estimate of drug-likeness (QED) is 0.469. The first-order chi connectivity index (χ1) is 8.90. The van der Waals surface area contributed by atoms with Crippen molar-refractivity contribution in [3.05, 3.63) is 4.91 Å². The molecular weight excluding hydrogens is 260 g/mol. The average Bonchev–Trinajstić information content (AvgIpc) is 2.32. The first kappa shape index (κ1) is 15.8. The van der Waals surface area contributed by atoms with Gasteiger partial charge in [0.1, 0.15) is 24.3 Å². The maximum atomic E-state index is 11.4. The molecule has 4 N–H and O–H groups in total. The molecule has 1 rings (SSSR count). The van der Waals surface area contributed by atoms with Gasteiger partial charge in [-0.25, -0.2) is 4.79 Å². The number of carbonyl (C=O) groups excluding carboxylic acids is 1. The largest absolute Gasteiger partial charge is 0.447 e. The summed E-state index contributed by atoms with van der Waals surface area (Å²) in [7, 11) is 0. The molecule has 9 nitrogen and oxygen atoms in total. The van der Waals surface area contributed by atoms with E-state index in [0.717, 1.165) is 0 Å². The normalized spacial score (nSPS) is 34.9. The van der Waals surface area contributed by atoms with E-state index < -0.39 is 43.3 Å². The molecule has 1 aliphatic rings. The lowest BCUT2D eigenvalue weighted by atomic mass is 9.95. The van der Waals surface area contributed by atoms with Gasteiger partial charge in [0.05, 0.1) is 12.7 Å². The second-order valence-corrected chi connectivity index (χ2v) is 4.46. The van der Waals surface area contributed by atoms with Crippen molar-refractivity contribution in [1.29, 1.82) is 0 Å². The van der Waals surface area contributed by atoms with Crippen LogP contribution < -0.4 is 5.32 Å². The Hall–Kier alpha value is -1.29. The molecule has 0 bridgehead atoms. The van der Waals surface area contributed by atoms with Crippen LogP contribution in [0.4, 0.5) is 4.79 Å². The second-order valence-electron chi connectivity index (χ2n) is 4.46. The third-order valence-electron chi connectivity index (χ3n) is 2.65. The lowest BCUT2D eigenvalue weighted by Crippen LogP contribution is -2.63. The molecule has 1 aliphatic heterocycles. The zero-order chi connectivity index (χ0) is 14.6. The minimum atomic E-state index is -1.58. The summed E-state index contributed by atoms with van der Waals surface area (Å²) in [4.78, 5) is 22.0. The molecule has 1 saturated heterocycles. The van der Waals surface area contributed by atoms with Crippen LogP contribution >= 0.6 is 0 Å². The van der Waals surface area contributed by atoms with Crippen LogP contribution in [0.2, 0.25) is 0 Å². The van der Waals surface area contributed by atoms with Crippen LogP contribution in [0.3, 0.4) is 0 Å². The molecule has 5 unspecified atom stereocenters. The predicted octanol–water partition coefficient (Wildman–Crippen LogP) is -1.30. The Balaban J connectivity index is 2.72. The maximum absolute atomic E-state index is 11.4. The Morgan fingerprint density at radius 2 is 2.11 bits per heavy atom. The minimum absolute atomic E-state index is 0.385. The van der Waals surface area contributed by atoms with E-state index in [0.29, 0.717) is 0 Å². The van der Waals surface area contributed by atoms with Gasteiger partial charge in [-0.1, -0.05) is 5.18 Å². The molecule has 9 heteroatoms. The van der Waals surface area contributed by atoms with Crippen LogP contribution in [0, 0.1) is 4.91 Å². The number of ether oxygens (including phenoxy) is 2. The molecule has 1 fully saturated rings. The molecule has 1 amide bonds. The van der Waals surface area contributed by atoms with Crippen molar-refractivity contribution < 1.29 is 29.6 Å². The molecule has 19 heavy (non-hydrogen) atoms. The zero-order valence-corrected chi connectivity index (χ0v) is 10.6. The Morgan fingerprint density at radius 1 is 1.47 bits per heavy atom. The van der Waals surface area contributed by atoms with E-state index in [4.69, 9.17) is 14.6 Å². The van der Waals surface area contributed by atoms with Gasteiger partial charge in [-0.15, -0.1) is 0 Å². The molecule has 5 atom stereocenters. The van der Waals surface area contributed by atoms with Crippen molar-refractivity contribution in [3.63, 3.8) is 0 Å². The summed E-state index contributed by atoms with van der Waals surface area (Å²) in [5, 5.41) is 33.3. The number of nitrogens with zero attached hydrogens (tertiary/aromatic N) is 1.